The number of nitrogens with two attached hydrogens (primary N) is 1. The summed E-state index contributed by atoms with van der Waals surface area (Å²) in [7, 11) is 1.50. The molecule has 0 amide bonds. The van der Waals surface area contributed by atoms with Crippen molar-refractivity contribution in [1.82, 2.24) is 9.97 Å². The van der Waals surface area contributed by atoms with Gasteiger partial charge < -0.3 is 15.2 Å². The van der Waals surface area contributed by atoms with E-state index in [1.807, 2.05) is 31.2 Å². The van der Waals surface area contributed by atoms with Gasteiger partial charge in [-0.25, -0.2) is 4.98 Å². The predicted octanol–water partition coefficient (Wildman–Crippen LogP) is 2.17. The smallest absolute Gasteiger partial charge is 0.268 e. The molecule has 0 saturated carbocycles. The number of hydrogen-bond donors (Lipinski definition) is 1. The van der Waals surface area contributed by atoms with Crippen molar-refractivity contribution in [1.29, 1.82) is 0 Å². The zero-order valence-corrected chi connectivity index (χ0v) is 9.68. The molecule has 0 spiro atoms. The van der Waals surface area contributed by atoms with Crippen molar-refractivity contribution in [2.75, 3.05) is 12.8 Å². The molecule has 0 saturated heterocycles. The van der Waals surface area contributed by atoms with Crippen LogP contribution in [0.15, 0.2) is 30.6 Å². The maximum Gasteiger partial charge on any atom is 0.268 e. The highest BCUT2D eigenvalue weighted by atomic mass is 16.5. The van der Waals surface area contributed by atoms with E-state index in [2.05, 4.69) is 9.97 Å². The van der Waals surface area contributed by atoms with Crippen LogP contribution in [-0.4, -0.2) is 17.1 Å². The van der Waals surface area contributed by atoms with Crippen molar-refractivity contribution in [2.24, 2.45) is 0 Å². The van der Waals surface area contributed by atoms with Crippen molar-refractivity contribution >= 4 is 5.82 Å². The second-order valence-electron chi connectivity index (χ2n) is 3.46. The quantitative estimate of drug-likeness (QED) is 0.876. The summed E-state index contributed by atoms with van der Waals surface area (Å²) >= 11 is 0. The van der Waals surface area contributed by atoms with Crippen molar-refractivity contribution in [3.05, 3.63) is 36.2 Å². The van der Waals surface area contributed by atoms with Crippen LogP contribution in [0, 0.1) is 6.92 Å². The van der Waals surface area contributed by atoms with Crippen LogP contribution in [0.4, 0.5) is 5.82 Å². The number of nitrogen functional groups attached to an aromatic ring is 1. The lowest BCUT2D eigenvalue weighted by Gasteiger charge is -2.11. The first-order valence-corrected chi connectivity index (χ1v) is 5.10. The van der Waals surface area contributed by atoms with E-state index in [4.69, 9.17) is 15.2 Å². The van der Waals surface area contributed by atoms with Gasteiger partial charge in [0.2, 0.25) is 5.75 Å². The Morgan fingerprint density at radius 3 is 2.65 bits per heavy atom. The van der Waals surface area contributed by atoms with E-state index < -0.39 is 0 Å². The van der Waals surface area contributed by atoms with E-state index in [-0.39, 0.29) is 5.82 Å². The molecule has 0 radical (unpaired) electrons. The number of hydrogen-bond acceptors (Lipinski definition) is 5. The Kier molecular flexibility index (Phi) is 3.09. The zero-order chi connectivity index (χ0) is 12.3. The van der Waals surface area contributed by atoms with Gasteiger partial charge in [0.1, 0.15) is 12.1 Å². The number of para-hydroxylation sites is 1. The highest BCUT2D eigenvalue weighted by Crippen LogP contribution is 2.33. The SMILES string of the molecule is COc1c(N)ncnc1Oc1ccccc1C. The zero-order valence-electron chi connectivity index (χ0n) is 9.68. The third-order valence-electron chi connectivity index (χ3n) is 2.30. The van der Waals surface area contributed by atoms with Crippen LogP contribution in [0.25, 0.3) is 0 Å². The maximum atomic E-state index is 5.67. The second kappa shape index (κ2) is 4.69. The molecule has 1 aromatic carbocycles. The third kappa shape index (κ3) is 2.28. The van der Waals surface area contributed by atoms with Gasteiger partial charge in [0.15, 0.2) is 5.82 Å². The average Bonchev–Trinajstić information content (AvgIpc) is 2.32. The first kappa shape index (κ1) is 11.2. The Hall–Kier alpha value is -2.30. The van der Waals surface area contributed by atoms with Gasteiger partial charge in [-0.05, 0) is 18.6 Å². The molecule has 2 rings (SSSR count). The standard InChI is InChI=1S/C12H13N3O2/c1-8-5-3-4-6-9(8)17-12-10(16-2)11(13)14-7-15-12/h3-7H,1-2H3,(H2,13,14,15). The second-order valence-corrected chi connectivity index (χ2v) is 3.46. The molecule has 0 aliphatic carbocycles. The minimum atomic E-state index is 0.256. The molecule has 0 aliphatic heterocycles. The van der Waals surface area contributed by atoms with Crippen LogP contribution < -0.4 is 15.2 Å². The summed E-state index contributed by atoms with van der Waals surface area (Å²) < 4.78 is 10.8. The van der Waals surface area contributed by atoms with Crippen LogP contribution in [0.2, 0.25) is 0 Å². The van der Waals surface area contributed by atoms with Crippen LogP contribution in [0.1, 0.15) is 5.56 Å². The molecule has 1 aromatic heterocycles. The number of nitrogens with zero attached hydrogens (tertiary/aromatic N) is 2. The number of aromatic nitrogens is 2. The summed E-state index contributed by atoms with van der Waals surface area (Å²) in [5.74, 6) is 1.63. The molecule has 88 valence electrons. The first-order valence-electron chi connectivity index (χ1n) is 5.10. The molecule has 5 nitrogen and oxygen atoms in total. The van der Waals surface area contributed by atoms with Crippen LogP contribution in [0.3, 0.4) is 0 Å². The number of ether oxygens (including phenoxy) is 2. The van der Waals surface area contributed by atoms with Crippen molar-refractivity contribution in [3.8, 4) is 17.4 Å². The number of benzene rings is 1. The largest absolute Gasteiger partial charge is 0.489 e. The Morgan fingerprint density at radius 2 is 1.94 bits per heavy atom. The van der Waals surface area contributed by atoms with Gasteiger partial charge in [0.25, 0.3) is 5.88 Å². The molecular weight excluding hydrogens is 218 g/mol. The minimum Gasteiger partial charge on any atom is -0.489 e. The fourth-order valence-electron chi connectivity index (χ4n) is 1.41. The van der Waals surface area contributed by atoms with Crippen LogP contribution in [-0.2, 0) is 0 Å². The van der Waals surface area contributed by atoms with Crippen LogP contribution >= 0.6 is 0 Å². The number of anilines is 1. The summed E-state index contributed by atoms with van der Waals surface area (Å²) in [5, 5.41) is 0. The molecular formula is C12H13N3O2. The summed E-state index contributed by atoms with van der Waals surface area (Å²) in [5.41, 5.74) is 6.67. The van der Waals surface area contributed by atoms with Crippen molar-refractivity contribution < 1.29 is 9.47 Å². The van der Waals surface area contributed by atoms with Gasteiger partial charge in [-0.3, -0.25) is 0 Å². The average molecular weight is 231 g/mol. The molecule has 0 fully saturated rings. The van der Waals surface area contributed by atoms with E-state index in [0.29, 0.717) is 17.4 Å². The monoisotopic (exact) mass is 231 g/mol. The molecule has 17 heavy (non-hydrogen) atoms. The summed E-state index contributed by atoms with van der Waals surface area (Å²) in [6.07, 6.45) is 1.34. The number of aryl methyl sites for hydroxylation is 1. The molecule has 2 aromatic rings. The van der Waals surface area contributed by atoms with E-state index in [1.165, 1.54) is 13.4 Å². The van der Waals surface area contributed by atoms with Gasteiger partial charge in [-0.2, -0.15) is 4.98 Å². The number of methoxy groups -OCH3 is 1. The highest BCUT2D eigenvalue weighted by molar-refractivity contribution is 5.52. The van der Waals surface area contributed by atoms with Gasteiger partial charge in [-0.15, -0.1) is 0 Å². The Labute approximate surface area is 99.2 Å². The Balaban J connectivity index is 2.37. The van der Waals surface area contributed by atoms with Crippen LogP contribution in [0.5, 0.6) is 17.4 Å². The van der Waals surface area contributed by atoms with Gasteiger partial charge >= 0.3 is 0 Å². The lowest BCUT2D eigenvalue weighted by atomic mass is 10.2. The topological polar surface area (TPSA) is 70.3 Å². The Bertz CT molecular complexity index is 529. The lowest BCUT2D eigenvalue weighted by Crippen LogP contribution is -2.00. The normalized spacial score (nSPS) is 10.0. The molecule has 2 N–H and O–H groups in total. The molecule has 5 heteroatoms. The fourth-order valence-corrected chi connectivity index (χ4v) is 1.41. The van der Waals surface area contributed by atoms with Crippen molar-refractivity contribution in [2.45, 2.75) is 6.92 Å². The molecule has 0 atom stereocenters. The molecule has 1 heterocycles. The van der Waals surface area contributed by atoms with Crippen molar-refractivity contribution in [3.63, 3.8) is 0 Å². The van der Waals surface area contributed by atoms with E-state index in [0.717, 1.165) is 5.56 Å². The number of rotatable bonds is 3. The summed E-state index contributed by atoms with van der Waals surface area (Å²) in [6, 6.07) is 7.63. The summed E-state index contributed by atoms with van der Waals surface area (Å²) in [4.78, 5) is 7.84. The third-order valence-corrected chi connectivity index (χ3v) is 2.30. The summed E-state index contributed by atoms with van der Waals surface area (Å²) in [6.45, 7) is 1.95. The molecule has 0 unspecified atom stereocenters. The van der Waals surface area contributed by atoms with E-state index in [9.17, 15) is 0 Å². The van der Waals surface area contributed by atoms with Gasteiger partial charge in [0, 0.05) is 0 Å². The maximum absolute atomic E-state index is 5.67. The predicted molar refractivity (Wildman–Crippen MR) is 64.2 cm³/mol. The van der Waals surface area contributed by atoms with Gasteiger partial charge in [0.05, 0.1) is 7.11 Å². The molecule has 0 bridgehead atoms. The van der Waals surface area contributed by atoms with E-state index >= 15 is 0 Å². The van der Waals surface area contributed by atoms with E-state index in [1.54, 1.807) is 0 Å². The first-order chi connectivity index (χ1) is 8.22. The highest BCUT2D eigenvalue weighted by Gasteiger charge is 2.12. The Morgan fingerprint density at radius 1 is 1.18 bits per heavy atom. The van der Waals surface area contributed by atoms with Gasteiger partial charge in [-0.1, -0.05) is 18.2 Å². The fraction of sp³-hybridized carbons (Fsp3) is 0.167. The lowest BCUT2D eigenvalue weighted by molar-refractivity contribution is 0.368. The molecule has 0 aliphatic rings. The minimum absolute atomic E-state index is 0.256.